The van der Waals surface area contributed by atoms with E-state index in [0.717, 1.165) is 26.1 Å². The van der Waals surface area contributed by atoms with E-state index in [4.69, 9.17) is 0 Å². The van der Waals surface area contributed by atoms with Gasteiger partial charge in [-0.2, -0.15) is 18.3 Å². The second-order valence-electron chi connectivity index (χ2n) is 5.08. The summed E-state index contributed by atoms with van der Waals surface area (Å²) in [6.45, 7) is 0.999. The van der Waals surface area contributed by atoms with Crippen molar-refractivity contribution >= 4 is 21.6 Å². The average Bonchev–Trinajstić information content (AvgIpc) is 2.83. The molecule has 1 fully saturated rings. The molecule has 9 heteroatoms. The fourth-order valence-electron chi connectivity index (χ4n) is 2.47. The number of nitrogens with one attached hydrogen (secondary N) is 1. The largest absolute Gasteiger partial charge is 0.408 e. The highest BCUT2D eigenvalue weighted by Crippen LogP contribution is 2.28. The van der Waals surface area contributed by atoms with Gasteiger partial charge >= 0.3 is 6.18 Å². The van der Waals surface area contributed by atoms with Crippen LogP contribution in [0.4, 0.5) is 18.9 Å². The lowest BCUT2D eigenvalue weighted by Gasteiger charge is -2.20. The zero-order chi connectivity index (χ0) is 15.6. The summed E-state index contributed by atoms with van der Waals surface area (Å²) < 4.78 is 37.6. The molecule has 0 saturated carbocycles. The van der Waals surface area contributed by atoms with Crippen molar-refractivity contribution in [3.63, 3.8) is 0 Å². The van der Waals surface area contributed by atoms with Crippen LogP contribution in [0.5, 0.6) is 0 Å². The van der Waals surface area contributed by atoms with Gasteiger partial charge in [0.1, 0.15) is 11.0 Å². The zero-order valence-corrected chi connectivity index (χ0v) is 13.0. The second-order valence-corrected chi connectivity index (χ2v) is 5.87. The molecule has 0 spiro atoms. The topological polar surface area (TPSA) is 50.2 Å². The fraction of sp³-hybridized carbons (Fsp3) is 0.667. The van der Waals surface area contributed by atoms with Crippen LogP contribution in [-0.2, 0) is 6.54 Å². The third kappa shape index (κ3) is 3.97. The lowest BCUT2D eigenvalue weighted by Crippen LogP contribution is -2.33. The van der Waals surface area contributed by atoms with Gasteiger partial charge in [0.05, 0.1) is 11.9 Å². The Balaban J connectivity index is 2.20. The molecule has 2 rings (SSSR count). The molecule has 1 unspecified atom stereocenters. The molecule has 1 aliphatic rings. The number of rotatable bonds is 4. The highest BCUT2D eigenvalue weighted by atomic mass is 79.9. The Morgan fingerprint density at radius 1 is 1.52 bits per heavy atom. The highest BCUT2D eigenvalue weighted by Gasteiger charge is 2.30. The number of alkyl halides is 3. The van der Waals surface area contributed by atoms with Gasteiger partial charge in [0.25, 0.3) is 5.56 Å². The molecule has 1 aromatic heterocycles. The summed E-state index contributed by atoms with van der Waals surface area (Å²) in [7, 11) is 1.87. The van der Waals surface area contributed by atoms with E-state index in [9.17, 15) is 18.0 Å². The van der Waals surface area contributed by atoms with E-state index in [1.54, 1.807) is 0 Å². The first-order valence-electron chi connectivity index (χ1n) is 6.53. The minimum Gasteiger partial charge on any atom is -0.369 e. The SMILES string of the molecule is CNCC1CCN(c2cnn(CC(F)(F)F)c(=O)c2Br)C1. The summed E-state index contributed by atoms with van der Waals surface area (Å²) in [5, 5.41) is 6.73. The van der Waals surface area contributed by atoms with E-state index in [1.807, 2.05) is 11.9 Å². The number of anilines is 1. The Morgan fingerprint density at radius 2 is 2.24 bits per heavy atom. The van der Waals surface area contributed by atoms with Crippen LogP contribution in [-0.4, -0.2) is 42.6 Å². The van der Waals surface area contributed by atoms with E-state index in [1.165, 1.54) is 6.20 Å². The third-order valence-electron chi connectivity index (χ3n) is 3.41. The molecule has 1 aromatic rings. The van der Waals surface area contributed by atoms with Crippen LogP contribution in [0.2, 0.25) is 0 Å². The van der Waals surface area contributed by atoms with Crippen molar-refractivity contribution < 1.29 is 13.2 Å². The van der Waals surface area contributed by atoms with Crippen LogP contribution in [0.15, 0.2) is 15.5 Å². The van der Waals surface area contributed by atoms with Gasteiger partial charge in [-0.05, 0) is 41.9 Å². The maximum Gasteiger partial charge on any atom is 0.408 e. The first kappa shape index (κ1) is 16.3. The smallest absolute Gasteiger partial charge is 0.369 e. The van der Waals surface area contributed by atoms with E-state index in [0.29, 0.717) is 16.3 Å². The van der Waals surface area contributed by atoms with Crippen LogP contribution in [0, 0.1) is 5.92 Å². The molecule has 0 aromatic carbocycles. The molecule has 1 N–H and O–H groups in total. The fourth-order valence-corrected chi connectivity index (χ4v) is 3.02. The van der Waals surface area contributed by atoms with E-state index >= 15 is 0 Å². The molecule has 118 valence electrons. The first-order chi connectivity index (χ1) is 9.81. The van der Waals surface area contributed by atoms with E-state index < -0.39 is 18.3 Å². The van der Waals surface area contributed by atoms with Crippen LogP contribution in [0.3, 0.4) is 0 Å². The van der Waals surface area contributed by atoms with Gasteiger partial charge < -0.3 is 10.2 Å². The molecule has 2 heterocycles. The van der Waals surface area contributed by atoms with Crippen molar-refractivity contribution in [2.75, 3.05) is 31.6 Å². The predicted octanol–water partition coefficient (Wildman–Crippen LogP) is 1.61. The Bertz CT molecular complexity index is 560. The second kappa shape index (κ2) is 6.35. The number of nitrogens with zero attached hydrogens (tertiary/aromatic N) is 3. The maximum atomic E-state index is 12.4. The van der Waals surface area contributed by atoms with Crippen molar-refractivity contribution in [1.82, 2.24) is 15.1 Å². The quantitative estimate of drug-likeness (QED) is 0.877. The van der Waals surface area contributed by atoms with Crippen LogP contribution >= 0.6 is 15.9 Å². The molecule has 0 aliphatic carbocycles. The van der Waals surface area contributed by atoms with Gasteiger partial charge in [0.15, 0.2) is 0 Å². The molecular formula is C12H16BrF3N4O. The molecule has 1 atom stereocenters. The van der Waals surface area contributed by atoms with Gasteiger partial charge in [-0.1, -0.05) is 0 Å². The van der Waals surface area contributed by atoms with Crippen molar-refractivity contribution in [3.8, 4) is 0 Å². The molecule has 5 nitrogen and oxygen atoms in total. The number of hydrogen-bond acceptors (Lipinski definition) is 4. The van der Waals surface area contributed by atoms with E-state index in [-0.39, 0.29) is 4.47 Å². The number of aromatic nitrogens is 2. The maximum absolute atomic E-state index is 12.4. The van der Waals surface area contributed by atoms with Crippen molar-refractivity contribution in [2.45, 2.75) is 19.1 Å². The third-order valence-corrected chi connectivity index (χ3v) is 4.16. The predicted molar refractivity (Wildman–Crippen MR) is 76.5 cm³/mol. The summed E-state index contributed by atoms with van der Waals surface area (Å²) in [4.78, 5) is 13.9. The van der Waals surface area contributed by atoms with Gasteiger partial charge in [0.2, 0.25) is 0 Å². The Labute approximate surface area is 128 Å². The number of halogens is 4. The van der Waals surface area contributed by atoms with Gasteiger partial charge in [-0.15, -0.1) is 0 Å². The van der Waals surface area contributed by atoms with Gasteiger partial charge in [0, 0.05) is 13.1 Å². The monoisotopic (exact) mass is 368 g/mol. The Morgan fingerprint density at radius 3 is 2.86 bits per heavy atom. The van der Waals surface area contributed by atoms with Crippen LogP contribution in [0.1, 0.15) is 6.42 Å². The zero-order valence-electron chi connectivity index (χ0n) is 11.5. The van der Waals surface area contributed by atoms with Crippen LogP contribution < -0.4 is 15.8 Å². The lowest BCUT2D eigenvalue weighted by molar-refractivity contribution is -0.143. The Kier molecular flexibility index (Phi) is 4.92. The normalized spacial score (nSPS) is 19.3. The Hall–Kier alpha value is -1.09. The molecule has 0 radical (unpaired) electrons. The highest BCUT2D eigenvalue weighted by molar-refractivity contribution is 9.10. The van der Waals surface area contributed by atoms with Crippen molar-refractivity contribution in [3.05, 3.63) is 21.0 Å². The summed E-state index contributed by atoms with van der Waals surface area (Å²) in [5.41, 5.74) is -0.209. The summed E-state index contributed by atoms with van der Waals surface area (Å²) in [5.74, 6) is 0.458. The standard InChI is InChI=1S/C12H16BrF3N4O/c1-17-4-8-2-3-19(6-8)9-5-18-20(7-12(14,15)16)11(21)10(9)13/h5,8,17H,2-4,6-7H2,1H3. The van der Waals surface area contributed by atoms with Gasteiger partial charge in [-0.3, -0.25) is 4.79 Å². The molecule has 1 saturated heterocycles. The molecule has 1 aliphatic heterocycles. The lowest BCUT2D eigenvalue weighted by atomic mass is 10.1. The van der Waals surface area contributed by atoms with Crippen molar-refractivity contribution in [2.24, 2.45) is 5.92 Å². The van der Waals surface area contributed by atoms with Crippen LogP contribution in [0.25, 0.3) is 0 Å². The molecule has 0 bridgehead atoms. The van der Waals surface area contributed by atoms with Gasteiger partial charge in [-0.25, -0.2) is 4.68 Å². The molecular weight excluding hydrogens is 353 g/mol. The summed E-state index contributed by atoms with van der Waals surface area (Å²) in [6, 6.07) is 0. The molecule has 21 heavy (non-hydrogen) atoms. The molecule has 0 amide bonds. The summed E-state index contributed by atoms with van der Waals surface area (Å²) >= 11 is 3.11. The summed E-state index contributed by atoms with van der Waals surface area (Å²) in [6.07, 6.45) is -2.18. The number of hydrogen-bond donors (Lipinski definition) is 1. The minimum atomic E-state index is -4.47. The van der Waals surface area contributed by atoms with E-state index in [2.05, 4.69) is 26.3 Å². The first-order valence-corrected chi connectivity index (χ1v) is 7.33. The minimum absolute atomic E-state index is 0.131. The van der Waals surface area contributed by atoms with Crippen molar-refractivity contribution in [1.29, 1.82) is 0 Å². The average molecular weight is 369 g/mol.